The van der Waals surface area contributed by atoms with Crippen LogP contribution in [0, 0.1) is 0 Å². The predicted octanol–water partition coefficient (Wildman–Crippen LogP) is -0.711. The van der Waals surface area contributed by atoms with Gasteiger partial charge in [0.05, 0.1) is 25.4 Å². The number of hydrogen-bond acceptors (Lipinski definition) is 4. The molecule has 0 aliphatic carbocycles. The van der Waals surface area contributed by atoms with E-state index >= 15 is 0 Å². The first kappa shape index (κ1) is 10.9. The molecule has 1 saturated heterocycles. The molecule has 0 bridgehead atoms. The molecule has 0 radical (unpaired) electrons. The highest BCUT2D eigenvalue weighted by molar-refractivity contribution is 4.85. The largest absolute Gasteiger partial charge is 0.394 e. The summed E-state index contributed by atoms with van der Waals surface area (Å²) < 4.78 is 5.26. The molecule has 4 heteroatoms. The van der Waals surface area contributed by atoms with Crippen LogP contribution in [0.25, 0.3) is 0 Å². The fourth-order valence-electron chi connectivity index (χ4n) is 1.46. The minimum atomic E-state index is -0.183. The highest BCUT2D eigenvalue weighted by atomic mass is 16.5. The molecule has 1 aliphatic heterocycles. The molecule has 0 aromatic rings. The van der Waals surface area contributed by atoms with E-state index in [1.54, 1.807) is 0 Å². The van der Waals surface area contributed by atoms with Crippen LogP contribution in [0.2, 0.25) is 0 Å². The summed E-state index contributed by atoms with van der Waals surface area (Å²) in [6.45, 7) is 6.64. The number of aliphatic hydroxyl groups is 1. The van der Waals surface area contributed by atoms with Gasteiger partial charge >= 0.3 is 0 Å². The molecule has 0 aromatic heterocycles. The van der Waals surface area contributed by atoms with Crippen LogP contribution < -0.4 is 5.32 Å². The Bertz CT molecular complexity index is 143. The zero-order chi connectivity index (χ0) is 9.73. The minimum Gasteiger partial charge on any atom is -0.394 e. The van der Waals surface area contributed by atoms with Gasteiger partial charge in [0.15, 0.2) is 0 Å². The van der Waals surface area contributed by atoms with Crippen molar-refractivity contribution in [1.82, 2.24) is 10.2 Å². The summed E-state index contributed by atoms with van der Waals surface area (Å²) in [5.74, 6) is 0. The van der Waals surface area contributed by atoms with Crippen molar-refractivity contribution in [1.29, 1.82) is 0 Å². The maximum atomic E-state index is 9.20. The molecule has 0 saturated carbocycles. The highest BCUT2D eigenvalue weighted by Crippen LogP contribution is 2.07. The summed E-state index contributed by atoms with van der Waals surface area (Å²) in [5.41, 5.74) is -0.183. The lowest BCUT2D eigenvalue weighted by Gasteiger charge is -2.35. The average molecular weight is 188 g/mol. The van der Waals surface area contributed by atoms with Gasteiger partial charge in [0, 0.05) is 19.6 Å². The molecule has 78 valence electrons. The van der Waals surface area contributed by atoms with Crippen LogP contribution in [0.15, 0.2) is 0 Å². The van der Waals surface area contributed by atoms with Crippen molar-refractivity contribution in [3.8, 4) is 0 Å². The van der Waals surface area contributed by atoms with Gasteiger partial charge in [-0.1, -0.05) is 0 Å². The lowest BCUT2D eigenvalue weighted by atomic mass is 10.0. The van der Waals surface area contributed by atoms with Crippen LogP contribution in [-0.4, -0.2) is 62.0 Å². The van der Waals surface area contributed by atoms with Crippen LogP contribution in [0.5, 0.6) is 0 Å². The second kappa shape index (κ2) is 4.91. The van der Waals surface area contributed by atoms with Crippen molar-refractivity contribution < 1.29 is 9.84 Å². The van der Waals surface area contributed by atoms with E-state index in [-0.39, 0.29) is 12.1 Å². The second-order valence-corrected chi connectivity index (χ2v) is 3.86. The van der Waals surface area contributed by atoms with Crippen molar-refractivity contribution in [2.24, 2.45) is 0 Å². The molecule has 1 atom stereocenters. The third-order valence-corrected chi connectivity index (χ3v) is 2.63. The van der Waals surface area contributed by atoms with Crippen LogP contribution in [0.4, 0.5) is 0 Å². The summed E-state index contributed by atoms with van der Waals surface area (Å²) in [4.78, 5) is 2.32. The zero-order valence-corrected chi connectivity index (χ0v) is 8.55. The summed E-state index contributed by atoms with van der Waals surface area (Å²) in [6.07, 6.45) is 0. The van der Waals surface area contributed by atoms with Crippen molar-refractivity contribution in [3.63, 3.8) is 0 Å². The molecule has 0 aromatic carbocycles. The van der Waals surface area contributed by atoms with Gasteiger partial charge in [-0.25, -0.2) is 0 Å². The van der Waals surface area contributed by atoms with Gasteiger partial charge in [0.25, 0.3) is 0 Å². The predicted molar refractivity (Wildman–Crippen MR) is 51.8 cm³/mol. The first-order valence-electron chi connectivity index (χ1n) is 4.80. The Morgan fingerprint density at radius 2 is 2.08 bits per heavy atom. The van der Waals surface area contributed by atoms with Gasteiger partial charge in [-0.2, -0.15) is 0 Å². The third-order valence-electron chi connectivity index (χ3n) is 2.63. The summed E-state index contributed by atoms with van der Waals surface area (Å²) in [6, 6.07) is 0. The molecule has 0 amide bonds. The van der Waals surface area contributed by atoms with Gasteiger partial charge in [-0.05, 0) is 14.0 Å². The lowest BCUT2D eigenvalue weighted by molar-refractivity contribution is 0.0186. The summed E-state index contributed by atoms with van der Waals surface area (Å²) >= 11 is 0. The van der Waals surface area contributed by atoms with Gasteiger partial charge in [0.2, 0.25) is 0 Å². The number of nitrogens with zero attached hydrogens (tertiary/aromatic N) is 1. The summed E-state index contributed by atoms with van der Waals surface area (Å²) in [7, 11) is 1.89. The standard InChI is InChI=1S/C9H20N2O2/c1-9(8-12,10-2)7-11-3-5-13-6-4-11/h10,12H,3-8H2,1-2H3. The van der Waals surface area contributed by atoms with Crippen molar-refractivity contribution >= 4 is 0 Å². The van der Waals surface area contributed by atoms with E-state index in [1.165, 1.54) is 0 Å². The maximum Gasteiger partial charge on any atom is 0.0623 e. The molecule has 2 N–H and O–H groups in total. The van der Waals surface area contributed by atoms with Crippen LogP contribution in [0.1, 0.15) is 6.92 Å². The topological polar surface area (TPSA) is 44.7 Å². The normalized spacial score (nSPS) is 24.2. The zero-order valence-electron chi connectivity index (χ0n) is 8.55. The molecular formula is C9H20N2O2. The van der Waals surface area contributed by atoms with E-state index in [0.717, 1.165) is 32.8 Å². The Labute approximate surface area is 79.9 Å². The number of likely N-dealkylation sites (N-methyl/N-ethyl adjacent to an activating group) is 1. The smallest absolute Gasteiger partial charge is 0.0623 e. The fourth-order valence-corrected chi connectivity index (χ4v) is 1.46. The molecule has 4 nitrogen and oxygen atoms in total. The van der Waals surface area contributed by atoms with E-state index in [9.17, 15) is 5.11 Å². The monoisotopic (exact) mass is 188 g/mol. The Hall–Kier alpha value is -0.160. The number of morpholine rings is 1. The SMILES string of the molecule is CNC(C)(CO)CN1CCOCC1. The minimum absolute atomic E-state index is 0.168. The first-order chi connectivity index (χ1) is 6.20. The van der Waals surface area contributed by atoms with E-state index in [2.05, 4.69) is 10.2 Å². The average Bonchev–Trinajstić information content (AvgIpc) is 2.19. The van der Waals surface area contributed by atoms with Gasteiger partial charge in [-0.3, -0.25) is 4.90 Å². The second-order valence-electron chi connectivity index (χ2n) is 3.86. The molecule has 13 heavy (non-hydrogen) atoms. The van der Waals surface area contributed by atoms with Gasteiger partial charge in [0.1, 0.15) is 0 Å². The van der Waals surface area contributed by atoms with Gasteiger partial charge in [-0.15, -0.1) is 0 Å². The fraction of sp³-hybridized carbons (Fsp3) is 1.00. The Kier molecular flexibility index (Phi) is 4.12. The van der Waals surface area contributed by atoms with Crippen molar-refractivity contribution in [3.05, 3.63) is 0 Å². The van der Waals surface area contributed by atoms with Gasteiger partial charge < -0.3 is 15.2 Å². The molecule has 1 heterocycles. The van der Waals surface area contributed by atoms with Crippen molar-refractivity contribution in [2.75, 3.05) is 46.5 Å². The third kappa shape index (κ3) is 3.23. The summed E-state index contributed by atoms with van der Waals surface area (Å²) in [5, 5.41) is 12.3. The maximum absolute atomic E-state index is 9.20. The highest BCUT2D eigenvalue weighted by Gasteiger charge is 2.25. The number of rotatable bonds is 4. The first-order valence-corrected chi connectivity index (χ1v) is 4.80. The molecule has 1 aliphatic rings. The quantitative estimate of drug-likeness (QED) is 0.612. The molecular weight excluding hydrogens is 168 g/mol. The number of ether oxygens (including phenoxy) is 1. The van der Waals surface area contributed by atoms with Crippen LogP contribution in [-0.2, 0) is 4.74 Å². The Morgan fingerprint density at radius 3 is 2.54 bits per heavy atom. The van der Waals surface area contributed by atoms with E-state index in [0.29, 0.717) is 0 Å². The van der Waals surface area contributed by atoms with E-state index < -0.39 is 0 Å². The Balaban J connectivity index is 2.35. The lowest BCUT2D eigenvalue weighted by Crippen LogP contribution is -2.54. The number of aliphatic hydroxyl groups excluding tert-OH is 1. The van der Waals surface area contributed by atoms with E-state index in [4.69, 9.17) is 4.74 Å². The molecule has 1 unspecified atom stereocenters. The molecule has 0 spiro atoms. The number of hydrogen-bond donors (Lipinski definition) is 2. The van der Waals surface area contributed by atoms with E-state index in [1.807, 2.05) is 14.0 Å². The van der Waals surface area contributed by atoms with Crippen LogP contribution >= 0.6 is 0 Å². The molecule has 1 rings (SSSR count). The van der Waals surface area contributed by atoms with Crippen LogP contribution in [0.3, 0.4) is 0 Å². The molecule has 1 fully saturated rings. The Morgan fingerprint density at radius 1 is 1.46 bits per heavy atom. The number of nitrogens with one attached hydrogen (secondary N) is 1. The van der Waals surface area contributed by atoms with Crippen molar-refractivity contribution in [2.45, 2.75) is 12.5 Å².